The quantitative estimate of drug-likeness (QED) is 0.536. The molecular formula is C19H23N4O3S2+. The predicted molar refractivity (Wildman–Crippen MR) is 111 cm³/mol. The number of para-hydroxylation sites is 1. The lowest BCUT2D eigenvalue weighted by molar-refractivity contribution is -0.885. The van der Waals surface area contributed by atoms with E-state index >= 15 is 0 Å². The first-order valence-corrected chi connectivity index (χ1v) is 11.1. The van der Waals surface area contributed by atoms with Gasteiger partial charge in [-0.2, -0.15) is 0 Å². The summed E-state index contributed by atoms with van der Waals surface area (Å²) in [5.41, 5.74) is 2.04. The highest BCUT2D eigenvalue weighted by molar-refractivity contribution is 7.89. The monoisotopic (exact) mass is 419 g/mol. The van der Waals surface area contributed by atoms with Crippen LogP contribution < -0.4 is 14.9 Å². The number of aromatic nitrogens is 1. The van der Waals surface area contributed by atoms with E-state index in [1.54, 1.807) is 30.4 Å². The summed E-state index contributed by atoms with van der Waals surface area (Å²) in [5.74, 6) is -0.185. The number of thiazole rings is 1. The van der Waals surface area contributed by atoms with Gasteiger partial charge < -0.3 is 10.2 Å². The number of nitrogens with zero attached hydrogens (tertiary/aromatic N) is 1. The largest absolute Gasteiger partial charge is 0.324 e. The fourth-order valence-corrected chi connectivity index (χ4v) is 4.95. The molecule has 1 amide bonds. The zero-order chi connectivity index (χ0) is 20.3. The van der Waals surface area contributed by atoms with Gasteiger partial charge >= 0.3 is 0 Å². The Balaban J connectivity index is 1.64. The lowest BCUT2D eigenvalue weighted by atomic mass is 10.2. The van der Waals surface area contributed by atoms with Crippen molar-refractivity contribution in [1.29, 1.82) is 0 Å². The van der Waals surface area contributed by atoms with Crippen molar-refractivity contribution < 1.29 is 18.1 Å². The van der Waals surface area contributed by atoms with E-state index in [2.05, 4.69) is 15.0 Å². The first-order valence-electron chi connectivity index (χ1n) is 8.78. The van der Waals surface area contributed by atoms with Crippen molar-refractivity contribution in [3.8, 4) is 0 Å². The molecule has 9 heteroatoms. The lowest BCUT2D eigenvalue weighted by Gasteiger charge is -2.13. The Hall–Kier alpha value is -2.33. The zero-order valence-electron chi connectivity index (χ0n) is 15.9. The molecule has 0 bridgehead atoms. The van der Waals surface area contributed by atoms with Crippen molar-refractivity contribution in [3.63, 3.8) is 0 Å². The Bertz CT molecular complexity index is 1080. The summed E-state index contributed by atoms with van der Waals surface area (Å²) >= 11 is 1.63. The number of sulfonamides is 1. The van der Waals surface area contributed by atoms with Gasteiger partial charge in [0, 0.05) is 5.69 Å². The van der Waals surface area contributed by atoms with Crippen LogP contribution in [0.3, 0.4) is 0 Å². The highest BCUT2D eigenvalue weighted by atomic mass is 32.2. The number of quaternary nitrogens is 1. The standard InChI is InChI=1S/C19H22N4O3S2/c1-13-8-9-14(10-17(13)28(25,26)20-2)21-18(24)11-23(3)12-19-22-15-6-4-5-7-16(15)27-19/h4-10,20H,11-12H2,1-3H3,(H,21,24)/p+1. The minimum Gasteiger partial charge on any atom is -0.324 e. The van der Waals surface area contributed by atoms with Crippen LogP contribution in [0.25, 0.3) is 10.2 Å². The molecule has 0 saturated carbocycles. The molecule has 0 fully saturated rings. The number of rotatable bonds is 7. The van der Waals surface area contributed by atoms with Gasteiger partial charge in [-0.1, -0.05) is 18.2 Å². The van der Waals surface area contributed by atoms with Gasteiger partial charge in [0.05, 0.1) is 22.2 Å². The van der Waals surface area contributed by atoms with Gasteiger partial charge in [-0.15, -0.1) is 11.3 Å². The summed E-state index contributed by atoms with van der Waals surface area (Å²) < 4.78 is 27.6. The second-order valence-corrected chi connectivity index (χ2v) is 9.59. The van der Waals surface area contributed by atoms with Crippen molar-refractivity contribution in [3.05, 3.63) is 53.0 Å². The van der Waals surface area contributed by atoms with Crippen LogP contribution in [0.15, 0.2) is 47.4 Å². The van der Waals surface area contributed by atoms with Crippen molar-refractivity contribution >= 4 is 43.2 Å². The average Bonchev–Trinajstić information content (AvgIpc) is 3.05. The fraction of sp³-hybridized carbons (Fsp3) is 0.263. The number of hydrogen-bond acceptors (Lipinski definition) is 5. The van der Waals surface area contributed by atoms with Gasteiger partial charge in [0.25, 0.3) is 5.91 Å². The molecule has 28 heavy (non-hydrogen) atoms. The number of carbonyl (C=O) groups is 1. The Labute approximate surface area is 168 Å². The van der Waals surface area contributed by atoms with Crippen LogP contribution in [-0.4, -0.2) is 39.9 Å². The maximum absolute atomic E-state index is 12.4. The maximum Gasteiger partial charge on any atom is 0.279 e. The fourth-order valence-electron chi connectivity index (χ4n) is 2.87. The highest BCUT2D eigenvalue weighted by Gasteiger charge is 2.17. The van der Waals surface area contributed by atoms with Crippen LogP contribution in [0.5, 0.6) is 0 Å². The molecule has 3 N–H and O–H groups in total. The molecule has 2 aromatic carbocycles. The van der Waals surface area contributed by atoms with E-state index in [-0.39, 0.29) is 17.3 Å². The van der Waals surface area contributed by atoms with E-state index < -0.39 is 10.0 Å². The van der Waals surface area contributed by atoms with Crippen LogP contribution in [0, 0.1) is 6.92 Å². The molecule has 0 aliphatic rings. The van der Waals surface area contributed by atoms with Crippen molar-refractivity contribution in [2.75, 3.05) is 26.0 Å². The van der Waals surface area contributed by atoms with E-state index in [1.165, 1.54) is 13.1 Å². The van der Waals surface area contributed by atoms with E-state index in [1.807, 2.05) is 31.3 Å². The molecule has 1 heterocycles. The number of aryl methyl sites for hydroxylation is 1. The number of carbonyl (C=O) groups excluding carboxylic acids is 1. The Morgan fingerprint density at radius 1 is 1.21 bits per heavy atom. The first-order chi connectivity index (χ1) is 13.3. The Morgan fingerprint density at radius 3 is 2.68 bits per heavy atom. The number of likely N-dealkylation sites (N-methyl/N-ethyl adjacent to an activating group) is 1. The van der Waals surface area contributed by atoms with Crippen molar-refractivity contribution in [2.45, 2.75) is 18.4 Å². The van der Waals surface area contributed by atoms with Gasteiger partial charge in [-0.25, -0.2) is 18.1 Å². The summed E-state index contributed by atoms with van der Waals surface area (Å²) in [4.78, 5) is 18.1. The van der Waals surface area contributed by atoms with E-state index in [0.717, 1.165) is 20.1 Å². The van der Waals surface area contributed by atoms with Gasteiger partial charge in [0.1, 0.15) is 11.6 Å². The van der Waals surface area contributed by atoms with Crippen molar-refractivity contribution in [1.82, 2.24) is 9.71 Å². The van der Waals surface area contributed by atoms with Gasteiger partial charge in [-0.05, 0) is 43.8 Å². The van der Waals surface area contributed by atoms with Crippen molar-refractivity contribution in [2.24, 2.45) is 0 Å². The Morgan fingerprint density at radius 2 is 1.96 bits per heavy atom. The summed E-state index contributed by atoms with van der Waals surface area (Å²) in [7, 11) is -0.287. The molecule has 3 aromatic rings. The SMILES string of the molecule is CNS(=O)(=O)c1cc(NC(=O)C[NH+](C)Cc2nc3ccccc3s2)ccc1C. The smallest absolute Gasteiger partial charge is 0.279 e. The predicted octanol–water partition coefficient (Wildman–Crippen LogP) is 1.17. The number of fused-ring (bicyclic) bond motifs is 1. The molecule has 148 valence electrons. The molecule has 1 unspecified atom stereocenters. The van der Waals surface area contributed by atoms with Crippen LogP contribution in [0.4, 0.5) is 5.69 Å². The molecule has 3 rings (SSSR count). The summed E-state index contributed by atoms with van der Waals surface area (Å²) in [5, 5.41) is 3.76. The number of anilines is 1. The molecule has 7 nitrogen and oxygen atoms in total. The van der Waals surface area contributed by atoms with Crippen LogP contribution in [-0.2, 0) is 21.4 Å². The number of nitrogens with one attached hydrogen (secondary N) is 3. The number of benzene rings is 2. The third-order valence-electron chi connectivity index (χ3n) is 4.28. The molecule has 1 aromatic heterocycles. The molecule has 1 atom stereocenters. The Kier molecular flexibility index (Phi) is 6.09. The number of amides is 1. The van der Waals surface area contributed by atoms with Gasteiger partial charge in [0.2, 0.25) is 10.0 Å². The molecular weight excluding hydrogens is 396 g/mol. The second-order valence-electron chi connectivity index (χ2n) is 6.62. The first kappa shape index (κ1) is 20.4. The summed E-state index contributed by atoms with van der Waals surface area (Å²) in [6.45, 7) is 2.60. The maximum atomic E-state index is 12.4. The van der Waals surface area contributed by atoms with E-state index in [4.69, 9.17) is 0 Å². The normalized spacial score (nSPS) is 12.8. The molecule has 0 aliphatic carbocycles. The van der Waals surface area contributed by atoms with E-state index in [9.17, 15) is 13.2 Å². The topological polar surface area (TPSA) is 92.6 Å². The summed E-state index contributed by atoms with van der Waals surface area (Å²) in [6.07, 6.45) is 0. The highest BCUT2D eigenvalue weighted by Crippen LogP contribution is 2.21. The molecule has 0 spiro atoms. The third-order valence-corrected chi connectivity index (χ3v) is 6.88. The second kappa shape index (κ2) is 8.36. The average molecular weight is 420 g/mol. The third kappa shape index (κ3) is 4.74. The lowest BCUT2D eigenvalue weighted by Crippen LogP contribution is -3.08. The minimum atomic E-state index is -3.58. The minimum absolute atomic E-state index is 0.156. The van der Waals surface area contributed by atoms with Gasteiger partial charge in [-0.3, -0.25) is 4.79 Å². The molecule has 0 saturated heterocycles. The summed E-state index contributed by atoms with van der Waals surface area (Å²) in [6, 6.07) is 12.8. The zero-order valence-corrected chi connectivity index (χ0v) is 17.6. The van der Waals surface area contributed by atoms with Crippen LogP contribution in [0.1, 0.15) is 10.6 Å². The molecule has 0 radical (unpaired) electrons. The molecule has 0 aliphatic heterocycles. The van der Waals surface area contributed by atoms with Crippen LogP contribution >= 0.6 is 11.3 Å². The van der Waals surface area contributed by atoms with Crippen LogP contribution in [0.2, 0.25) is 0 Å². The van der Waals surface area contributed by atoms with Gasteiger partial charge in [0.15, 0.2) is 6.54 Å². The number of hydrogen-bond donors (Lipinski definition) is 3. The van der Waals surface area contributed by atoms with E-state index in [0.29, 0.717) is 17.8 Å².